The molecular formula is C11H13Cl2NO2. The lowest BCUT2D eigenvalue weighted by molar-refractivity contribution is 0.0694. The molecule has 0 aliphatic heterocycles. The van der Waals surface area contributed by atoms with E-state index in [9.17, 15) is 9.90 Å². The van der Waals surface area contributed by atoms with Gasteiger partial charge in [-0.05, 0) is 32.0 Å². The number of nitrogens with one attached hydrogen (secondary N) is 1. The Morgan fingerprint density at radius 1 is 1.31 bits per heavy atom. The lowest BCUT2D eigenvalue weighted by Crippen LogP contribution is -2.38. The highest BCUT2D eigenvalue weighted by molar-refractivity contribution is 6.35. The Labute approximate surface area is 104 Å². The first kappa shape index (κ1) is 13.3. The monoisotopic (exact) mass is 261 g/mol. The summed E-state index contributed by atoms with van der Waals surface area (Å²) in [6.07, 6.45) is 0. The molecule has 1 aromatic carbocycles. The van der Waals surface area contributed by atoms with Crippen molar-refractivity contribution in [3.05, 3.63) is 33.8 Å². The fourth-order valence-electron chi connectivity index (χ4n) is 1.08. The van der Waals surface area contributed by atoms with Crippen LogP contribution in [0.4, 0.5) is 0 Å². The van der Waals surface area contributed by atoms with Crippen molar-refractivity contribution in [2.24, 2.45) is 0 Å². The van der Waals surface area contributed by atoms with Gasteiger partial charge in [0.15, 0.2) is 0 Å². The zero-order valence-corrected chi connectivity index (χ0v) is 10.6. The molecule has 0 heterocycles. The Kier molecular flexibility index (Phi) is 4.19. The summed E-state index contributed by atoms with van der Waals surface area (Å²) in [5, 5.41) is 12.9. The predicted octanol–water partition coefficient (Wildman–Crippen LogP) is 2.49. The quantitative estimate of drug-likeness (QED) is 0.879. The van der Waals surface area contributed by atoms with Crippen molar-refractivity contribution >= 4 is 29.1 Å². The molecule has 0 bridgehead atoms. The van der Waals surface area contributed by atoms with Crippen molar-refractivity contribution in [3.63, 3.8) is 0 Å². The maximum atomic E-state index is 11.7. The van der Waals surface area contributed by atoms with Crippen LogP contribution in [0.5, 0.6) is 0 Å². The largest absolute Gasteiger partial charge is 0.389 e. The van der Waals surface area contributed by atoms with E-state index < -0.39 is 5.60 Å². The molecule has 0 atom stereocenters. The van der Waals surface area contributed by atoms with E-state index in [1.165, 1.54) is 12.1 Å². The predicted molar refractivity (Wildman–Crippen MR) is 65.1 cm³/mol. The Hall–Kier alpha value is -0.770. The van der Waals surface area contributed by atoms with E-state index in [-0.39, 0.29) is 12.5 Å². The third kappa shape index (κ3) is 4.39. The van der Waals surface area contributed by atoms with Crippen LogP contribution >= 0.6 is 23.2 Å². The highest BCUT2D eigenvalue weighted by atomic mass is 35.5. The van der Waals surface area contributed by atoms with E-state index in [4.69, 9.17) is 23.2 Å². The molecule has 0 saturated carbocycles. The minimum absolute atomic E-state index is 0.163. The van der Waals surface area contributed by atoms with Gasteiger partial charge in [-0.1, -0.05) is 23.2 Å². The van der Waals surface area contributed by atoms with E-state index >= 15 is 0 Å². The van der Waals surface area contributed by atoms with E-state index in [1.807, 2.05) is 0 Å². The van der Waals surface area contributed by atoms with Gasteiger partial charge in [0.2, 0.25) is 0 Å². The van der Waals surface area contributed by atoms with Crippen LogP contribution in [0.25, 0.3) is 0 Å². The number of hydrogen-bond acceptors (Lipinski definition) is 2. The Balaban J connectivity index is 2.73. The summed E-state index contributed by atoms with van der Waals surface area (Å²) >= 11 is 11.5. The van der Waals surface area contributed by atoms with Gasteiger partial charge in [0.25, 0.3) is 5.91 Å². The molecule has 88 valence electrons. The Morgan fingerprint density at radius 2 is 1.81 bits per heavy atom. The maximum absolute atomic E-state index is 11.7. The number of rotatable bonds is 3. The summed E-state index contributed by atoms with van der Waals surface area (Å²) in [7, 11) is 0. The fraction of sp³-hybridized carbons (Fsp3) is 0.364. The molecule has 0 aliphatic carbocycles. The van der Waals surface area contributed by atoms with Crippen LogP contribution in [0.15, 0.2) is 18.2 Å². The highest BCUT2D eigenvalue weighted by Gasteiger charge is 2.15. The highest BCUT2D eigenvalue weighted by Crippen LogP contribution is 2.18. The topological polar surface area (TPSA) is 49.3 Å². The second kappa shape index (κ2) is 5.04. The van der Waals surface area contributed by atoms with Crippen molar-refractivity contribution in [2.45, 2.75) is 19.4 Å². The summed E-state index contributed by atoms with van der Waals surface area (Å²) in [4.78, 5) is 11.7. The smallest absolute Gasteiger partial charge is 0.251 e. The van der Waals surface area contributed by atoms with Gasteiger partial charge in [0.05, 0.1) is 5.60 Å². The van der Waals surface area contributed by atoms with Gasteiger partial charge in [0.1, 0.15) is 0 Å². The minimum atomic E-state index is -0.946. The van der Waals surface area contributed by atoms with Crippen LogP contribution in [-0.4, -0.2) is 23.2 Å². The lowest BCUT2D eigenvalue weighted by atomic mass is 10.1. The number of amides is 1. The summed E-state index contributed by atoms with van der Waals surface area (Å²) in [6, 6.07) is 4.59. The van der Waals surface area contributed by atoms with E-state index in [1.54, 1.807) is 19.9 Å². The first-order valence-corrected chi connectivity index (χ1v) is 5.50. The first-order valence-electron chi connectivity index (χ1n) is 4.74. The van der Waals surface area contributed by atoms with Gasteiger partial charge >= 0.3 is 0 Å². The van der Waals surface area contributed by atoms with Gasteiger partial charge < -0.3 is 10.4 Å². The van der Waals surface area contributed by atoms with E-state index in [2.05, 4.69) is 5.32 Å². The summed E-state index contributed by atoms with van der Waals surface area (Å²) in [5.41, 5.74) is -0.570. The van der Waals surface area contributed by atoms with Crippen molar-refractivity contribution in [1.82, 2.24) is 5.32 Å². The van der Waals surface area contributed by atoms with Gasteiger partial charge in [0, 0.05) is 22.2 Å². The maximum Gasteiger partial charge on any atom is 0.251 e. The summed E-state index contributed by atoms with van der Waals surface area (Å²) < 4.78 is 0. The molecule has 1 amide bonds. The summed E-state index contributed by atoms with van der Waals surface area (Å²) in [6.45, 7) is 3.38. The summed E-state index contributed by atoms with van der Waals surface area (Å²) in [5.74, 6) is -0.313. The van der Waals surface area contributed by atoms with Gasteiger partial charge in [-0.15, -0.1) is 0 Å². The van der Waals surface area contributed by atoms with Crippen molar-refractivity contribution < 1.29 is 9.90 Å². The molecule has 0 saturated heterocycles. The molecule has 0 spiro atoms. The van der Waals surface area contributed by atoms with E-state index in [0.29, 0.717) is 15.6 Å². The first-order chi connectivity index (χ1) is 7.28. The average Bonchev–Trinajstić information content (AvgIpc) is 2.11. The number of aliphatic hydroxyl groups is 1. The number of carbonyl (C=O) groups excluding carboxylic acids is 1. The molecule has 5 heteroatoms. The minimum Gasteiger partial charge on any atom is -0.389 e. The van der Waals surface area contributed by atoms with Crippen LogP contribution in [0.2, 0.25) is 10.0 Å². The average molecular weight is 262 g/mol. The van der Waals surface area contributed by atoms with Crippen LogP contribution in [0, 0.1) is 0 Å². The van der Waals surface area contributed by atoms with Gasteiger partial charge in [-0.25, -0.2) is 0 Å². The second-order valence-electron chi connectivity index (χ2n) is 4.15. The third-order valence-corrected chi connectivity index (χ3v) is 2.24. The number of hydrogen-bond donors (Lipinski definition) is 2. The van der Waals surface area contributed by atoms with Crippen molar-refractivity contribution in [2.75, 3.05) is 6.54 Å². The Morgan fingerprint density at radius 3 is 2.25 bits per heavy atom. The van der Waals surface area contributed by atoms with Crippen molar-refractivity contribution in [3.8, 4) is 0 Å². The molecule has 0 radical (unpaired) electrons. The standard InChI is InChI=1S/C11H13Cl2NO2/c1-11(2,16)6-14-10(15)7-3-8(12)5-9(13)4-7/h3-5,16H,6H2,1-2H3,(H,14,15). The van der Waals surface area contributed by atoms with Gasteiger partial charge in [-0.3, -0.25) is 4.79 Å². The second-order valence-corrected chi connectivity index (χ2v) is 5.03. The SMILES string of the molecule is CC(C)(O)CNC(=O)c1cc(Cl)cc(Cl)c1. The van der Waals surface area contributed by atoms with Crippen molar-refractivity contribution in [1.29, 1.82) is 0 Å². The molecule has 0 aromatic heterocycles. The number of carbonyl (C=O) groups is 1. The normalized spacial score (nSPS) is 11.3. The van der Waals surface area contributed by atoms with Crippen LogP contribution in [0.3, 0.4) is 0 Å². The third-order valence-electron chi connectivity index (χ3n) is 1.81. The zero-order valence-electron chi connectivity index (χ0n) is 9.05. The molecular weight excluding hydrogens is 249 g/mol. The molecule has 0 unspecified atom stereocenters. The molecule has 0 aliphatic rings. The lowest BCUT2D eigenvalue weighted by Gasteiger charge is -2.17. The number of halogens is 2. The van der Waals surface area contributed by atoms with Crippen LogP contribution in [0.1, 0.15) is 24.2 Å². The molecule has 1 aromatic rings. The van der Waals surface area contributed by atoms with Crippen LogP contribution in [-0.2, 0) is 0 Å². The molecule has 16 heavy (non-hydrogen) atoms. The molecule has 1 rings (SSSR count). The zero-order chi connectivity index (χ0) is 12.3. The van der Waals surface area contributed by atoms with Crippen LogP contribution < -0.4 is 5.32 Å². The molecule has 2 N–H and O–H groups in total. The van der Waals surface area contributed by atoms with E-state index in [0.717, 1.165) is 0 Å². The van der Waals surface area contributed by atoms with Gasteiger partial charge in [-0.2, -0.15) is 0 Å². The number of benzene rings is 1. The fourth-order valence-corrected chi connectivity index (χ4v) is 1.61. The Bertz CT molecular complexity index is 379. The molecule has 0 fully saturated rings. The molecule has 3 nitrogen and oxygen atoms in total.